The summed E-state index contributed by atoms with van der Waals surface area (Å²) in [6, 6.07) is 8.22. The standard InChI is InChI=1S/C19H16F3NO2/c1-11-17(12-4-5-12)15-9-14(6-7-16(15)25-11)24-10-13-3-2-8-23-18(13)19(20,21)22/h2-3,6-9,12H,4-5,10H2,1H3. The van der Waals surface area contributed by atoms with Crippen LogP contribution in [0, 0.1) is 6.92 Å². The molecule has 25 heavy (non-hydrogen) atoms. The molecule has 3 aromatic rings. The van der Waals surface area contributed by atoms with Crippen LogP contribution >= 0.6 is 0 Å². The number of nitrogens with zero attached hydrogens (tertiary/aromatic N) is 1. The van der Waals surface area contributed by atoms with E-state index in [9.17, 15) is 13.2 Å². The largest absolute Gasteiger partial charge is 0.489 e. The van der Waals surface area contributed by atoms with E-state index in [1.165, 1.54) is 17.7 Å². The van der Waals surface area contributed by atoms with E-state index < -0.39 is 11.9 Å². The number of fused-ring (bicyclic) bond motifs is 1. The second-order valence-electron chi connectivity index (χ2n) is 6.30. The number of halogens is 3. The van der Waals surface area contributed by atoms with Crippen LogP contribution in [0.5, 0.6) is 5.75 Å². The van der Waals surface area contributed by atoms with Crippen LogP contribution in [0.1, 0.15) is 41.3 Å². The third-order valence-corrected chi connectivity index (χ3v) is 4.42. The molecule has 0 amide bonds. The molecule has 1 aliphatic rings. The van der Waals surface area contributed by atoms with Gasteiger partial charge in [-0.05, 0) is 49.9 Å². The molecule has 1 saturated carbocycles. The molecule has 1 fully saturated rings. The first-order valence-corrected chi connectivity index (χ1v) is 8.10. The van der Waals surface area contributed by atoms with Crippen LogP contribution in [0.25, 0.3) is 11.0 Å². The van der Waals surface area contributed by atoms with Crippen LogP contribution in [0.15, 0.2) is 40.9 Å². The summed E-state index contributed by atoms with van der Waals surface area (Å²) in [5, 5.41) is 0.986. The van der Waals surface area contributed by atoms with Crippen LogP contribution in [-0.4, -0.2) is 4.98 Å². The quantitative estimate of drug-likeness (QED) is 0.615. The summed E-state index contributed by atoms with van der Waals surface area (Å²) in [4.78, 5) is 3.44. The van der Waals surface area contributed by atoms with E-state index in [1.807, 2.05) is 13.0 Å². The first-order chi connectivity index (χ1) is 11.9. The molecule has 0 aliphatic heterocycles. The number of hydrogen-bond donors (Lipinski definition) is 0. The molecule has 2 aromatic heterocycles. The number of aryl methyl sites for hydroxylation is 1. The number of pyridine rings is 1. The van der Waals surface area contributed by atoms with Gasteiger partial charge in [0.25, 0.3) is 0 Å². The van der Waals surface area contributed by atoms with Crippen molar-refractivity contribution in [3.8, 4) is 5.75 Å². The Labute approximate surface area is 142 Å². The number of furan rings is 1. The lowest BCUT2D eigenvalue weighted by atomic mass is 10.1. The fraction of sp³-hybridized carbons (Fsp3) is 0.316. The minimum absolute atomic E-state index is 0.0147. The summed E-state index contributed by atoms with van der Waals surface area (Å²) < 4.78 is 50.4. The Kier molecular flexibility index (Phi) is 3.71. The average molecular weight is 347 g/mol. The molecule has 0 unspecified atom stereocenters. The summed E-state index contributed by atoms with van der Waals surface area (Å²) in [7, 11) is 0. The molecule has 0 radical (unpaired) electrons. The van der Waals surface area contributed by atoms with Crippen molar-refractivity contribution in [3.63, 3.8) is 0 Å². The van der Waals surface area contributed by atoms with Crippen molar-refractivity contribution in [2.75, 3.05) is 0 Å². The molecule has 4 rings (SSSR count). The van der Waals surface area contributed by atoms with E-state index in [-0.39, 0.29) is 12.2 Å². The van der Waals surface area contributed by atoms with E-state index in [1.54, 1.807) is 12.1 Å². The maximum atomic E-state index is 13.0. The van der Waals surface area contributed by atoms with Gasteiger partial charge < -0.3 is 9.15 Å². The summed E-state index contributed by atoms with van der Waals surface area (Å²) in [5.74, 6) is 1.94. The fourth-order valence-corrected chi connectivity index (χ4v) is 3.16. The van der Waals surface area contributed by atoms with Crippen LogP contribution < -0.4 is 4.74 Å². The highest BCUT2D eigenvalue weighted by Gasteiger charge is 2.35. The first-order valence-electron chi connectivity index (χ1n) is 8.10. The third-order valence-electron chi connectivity index (χ3n) is 4.42. The van der Waals surface area contributed by atoms with Gasteiger partial charge in [-0.15, -0.1) is 0 Å². The van der Waals surface area contributed by atoms with Crippen LogP contribution in [0.2, 0.25) is 0 Å². The monoisotopic (exact) mass is 347 g/mol. The van der Waals surface area contributed by atoms with Gasteiger partial charge in [-0.1, -0.05) is 6.07 Å². The number of benzene rings is 1. The smallest absolute Gasteiger partial charge is 0.433 e. The van der Waals surface area contributed by atoms with Crippen molar-refractivity contribution >= 4 is 11.0 Å². The topological polar surface area (TPSA) is 35.3 Å². The molecule has 1 aromatic carbocycles. The molecule has 3 nitrogen and oxygen atoms in total. The zero-order valence-corrected chi connectivity index (χ0v) is 13.6. The molecular formula is C19H16F3NO2. The Morgan fingerprint density at radius 1 is 1.24 bits per heavy atom. The number of aromatic nitrogens is 1. The predicted octanol–water partition coefficient (Wildman–Crippen LogP) is 5.61. The van der Waals surface area contributed by atoms with Crippen LogP contribution in [0.3, 0.4) is 0 Å². The van der Waals surface area contributed by atoms with Gasteiger partial charge in [0.15, 0.2) is 5.69 Å². The first kappa shape index (κ1) is 16.0. The molecule has 2 heterocycles. The molecule has 0 atom stereocenters. The van der Waals surface area contributed by atoms with E-state index >= 15 is 0 Å². The molecule has 0 N–H and O–H groups in total. The van der Waals surface area contributed by atoms with Gasteiger partial charge in [0.05, 0.1) is 0 Å². The van der Waals surface area contributed by atoms with Crippen molar-refractivity contribution < 1.29 is 22.3 Å². The van der Waals surface area contributed by atoms with Crippen molar-refractivity contribution in [2.45, 2.75) is 38.5 Å². The minimum atomic E-state index is -4.50. The minimum Gasteiger partial charge on any atom is -0.489 e. The average Bonchev–Trinajstić information content (AvgIpc) is 3.34. The SMILES string of the molecule is Cc1oc2ccc(OCc3cccnc3C(F)(F)F)cc2c1C1CC1. The maximum Gasteiger partial charge on any atom is 0.433 e. The van der Waals surface area contributed by atoms with Crippen LogP contribution in [-0.2, 0) is 12.8 Å². The molecule has 0 bridgehead atoms. The van der Waals surface area contributed by atoms with Gasteiger partial charge in [0.2, 0.25) is 0 Å². The highest BCUT2D eigenvalue weighted by atomic mass is 19.4. The highest BCUT2D eigenvalue weighted by Crippen LogP contribution is 2.46. The lowest BCUT2D eigenvalue weighted by molar-refractivity contribution is -0.142. The van der Waals surface area contributed by atoms with Crippen molar-refractivity contribution in [3.05, 3.63) is 59.1 Å². The van der Waals surface area contributed by atoms with E-state index in [4.69, 9.17) is 9.15 Å². The van der Waals surface area contributed by atoms with Gasteiger partial charge in [-0.2, -0.15) is 13.2 Å². The maximum absolute atomic E-state index is 13.0. The fourth-order valence-electron chi connectivity index (χ4n) is 3.16. The van der Waals surface area contributed by atoms with Gasteiger partial charge in [0.1, 0.15) is 23.7 Å². The normalized spacial score (nSPS) is 14.9. The van der Waals surface area contributed by atoms with Gasteiger partial charge in [-0.25, -0.2) is 0 Å². The summed E-state index contributed by atoms with van der Waals surface area (Å²) in [5.41, 5.74) is 1.08. The third kappa shape index (κ3) is 3.08. The van der Waals surface area contributed by atoms with Gasteiger partial charge in [0, 0.05) is 22.7 Å². The molecule has 130 valence electrons. The van der Waals surface area contributed by atoms with E-state index in [0.29, 0.717) is 11.7 Å². The second kappa shape index (κ2) is 5.79. The zero-order chi connectivity index (χ0) is 17.6. The van der Waals surface area contributed by atoms with E-state index in [2.05, 4.69) is 4.98 Å². The van der Waals surface area contributed by atoms with Crippen molar-refractivity contribution in [1.82, 2.24) is 4.98 Å². The van der Waals surface area contributed by atoms with Crippen molar-refractivity contribution in [2.24, 2.45) is 0 Å². The summed E-state index contributed by atoms with van der Waals surface area (Å²) in [6.07, 6.45) is -1.07. The Hall–Kier alpha value is -2.50. The van der Waals surface area contributed by atoms with Crippen LogP contribution in [0.4, 0.5) is 13.2 Å². The Bertz CT molecular complexity index is 926. The number of hydrogen-bond acceptors (Lipinski definition) is 3. The zero-order valence-electron chi connectivity index (χ0n) is 13.6. The Morgan fingerprint density at radius 2 is 2.04 bits per heavy atom. The lowest BCUT2D eigenvalue weighted by Gasteiger charge is -2.12. The molecule has 1 aliphatic carbocycles. The molecule has 0 saturated heterocycles. The highest BCUT2D eigenvalue weighted by molar-refractivity contribution is 5.84. The number of alkyl halides is 3. The number of rotatable bonds is 4. The predicted molar refractivity (Wildman–Crippen MR) is 86.5 cm³/mol. The number of ether oxygens (including phenoxy) is 1. The molecular weight excluding hydrogens is 331 g/mol. The molecule has 6 heteroatoms. The second-order valence-corrected chi connectivity index (χ2v) is 6.30. The van der Waals surface area contributed by atoms with Gasteiger partial charge in [-0.3, -0.25) is 4.98 Å². The van der Waals surface area contributed by atoms with Crippen molar-refractivity contribution in [1.29, 1.82) is 0 Å². The Balaban J connectivity index is 1.61. The van der Waals surface area contributed by atoms with Gasteiger partial charge >= 0.3 is 6.18 Å². The van der Waals surface area contributed by atoms with E-state index in [0.717, 1.165) is 35.8 Å². The summed E-state index contributed by atoms with van der Waals surface area (Å²) >= 11 is 0. The molecule has 0 spiro atoms. The Morgan fingerprint density at radius 3 is 2.76 bits per heavy atom. The lowest BCUT2D eigenvalue weighted by Crippen LogP contribution is -2.13. The summed E-state index contributed by atoms with van der Waals surface area (Å²) in [6.45, 7) is 1.75.